The minimum absolute atomic E-state index is 0.0815. The van der Waals surface area contributed by atoms with Crippen molar-refractivity contribution in [1.82, 2.24) is 4.57 Å². The summed E-state index contributed by atoms with van der Waals surface area (Å²) in [5.41, 5.74) is 4.86. The van der Waals surface area contributed by atoms with Crippen LogP contribution in [0.15, 0.2) is 72.8 Å². The van der Waals surface area contributed by atoms with Crippen LogP contribution in [0, 0.1) is 0 Å². The molecule has 0 aliphatic carbocycles. The van der Waals surface area contributed by atoms with Gasteiger partial charge >= 0.3 is 0 Å². The summed E-state index contributed by atoms with van der Waals surface area (Å²) >= 11 is 0. The third-order valence-corrected chi connectivity index (χ3v) is 4.02. The van der Waals surface area contributed by atoms with Crippen molar-refractivity contribution in [2.24, 2.45) is 0 Å². The first-order chi connectivity index (χ1) is 10.9. The molecule has 3 rings (SSSR count). The summed E-state index contributed by atoms with van der Waals surface area (Å²) in [6.45, 7) is 0.895. The quantitative estimate of drug-likeness (QED) is 0.734. The van der Waals surface area contributed by atoms with Crippen LogP contribution in [0.25, 0.3) is 0 Å². The van der Waals surface area contributed by atoms with Crippen LogP contribution in [0.3, 0.4) is 0 Å². The second-order valence-electron chi connectivity index (χ2n) is 5.53. The lowest BCUT2D eigenvalue weighted by atomic mass is 10.1. The van der Waals surface area contributed by atoms with E-state index in [0.29, 0.717) is 0 Å². The lowest BCUT2D eigenvalue weighted by Crippen LogP contribution is -2.09. The smallest absolute Gasteiger partial charge is 0.0833 e. The zero-order chi connectivity index (χ0) is 15.2. The van der Waals surface area contributed by atoms with Gasteiger partial charge in [-0.05, 0) is 36.1 Å². The number of aliphatic hydroxyl groups is 1. The molecule has 1 N–H and O–H groups in total. The molecular weight excluding hydrogens is 270 g/mol. The lowest BCUT2D eigenvalue weighted by molar-refractivity contribution is 0.271. The SMILES string of the molecule is OCc1ccc(CCc2ccccc2)n1Cc1ccccc1. The Hall–Kier alpha value is -2.32. The van der Waals surface area contributed by atoms with E-state index in [1.54, 1.807) is 0 Å². The topological polar surface area (TPSA) is 25.2 Å². The summed E-state index contributed by atoms with van der Waals surface area (Å²) < 4.78 is 2.23. The molecule has 3 aromatic rings. The summed E-state index contributed by atoms with van der Waals surface area (Å²) in [4.78, 5) is 0. The predicted octanol–water partition coefficient (Wildman–Crippen LogP) is 3.81. The molecule has 0 saturated carbocycles. The Bertz CT molecular complexity index is 701. The van der Waals surface area contributed by atoms with Crippen LogP contribution < -0.4 is 0 Å². The van der Waals surface area contributed by atoms with E-state index in [-0.39, 0.29) is 6.61 Å². The van der Waals surface area contributed by atoms with Crippen molar-refractivity contribution in [3.63, 3.8) is 0 Å². The van der Waals surface area contributed by atoms with Gasteiger partial charge in [0.25, 0.3) is 0 Å². The Kier molecular flexibility index (Phi) is 4.71. The minimum Gasteiger partial charge on any atom is -0.390 e. The zero-order valence-electron chi connectivity index (χ0n) is 12.7. The van der Waals surface area contributed by atoms with Gasteiger partial charge in [-0.25, -0.2) is 0 Å². The Labute approximate surface area is 131 Å². The number of nitrogens with zero attached hydrogens (tertiary/aromatic N) is 1. The van der Waals surface area contributed by atoms with Gasteiger partial charge in [0.1, 0.15) is 0 Å². The summed E-state index contributed by atoms with van der Waals surface area (Å²) in [6.07, 6.45) is 2.00. The molecule has 2 heteroatoms. The van der Waals surface area contributed by atoms with Crippen molar-refractivity contribution in [1.29, 1.82) is 0 Å². The third-order valence-electron chi connectivity index (χ3n) is 4.02. The number of rotatable bonds is 6. The van der Waals surface area contributed by atoms with Crippen LogP contribution in [0.1, 0.15) is 22.5 Å². The minimum atomic E-state index is 0.0815. The molecule has 0 bridgehead atoms. The number of aromatic nitrogens is 1. The molecule has 0 unspecified atom stereocenters. The van der Waals surface area contributed by atoms with Gasteiger partial charge in [0, 0.05) is 17.9 Å². The highest BCUT2D eigenvalue weighted by Gasteiger charge is 2.08. The maximum Gasteiger partial charge on any atom is 0.0833 e. The van der Waals surface area contributed by atoms with Gasteiger partial charge in [-0.3, -0.25) is 0 Å². The summed E-state index contributed by atoms with van der Waals surface area (Å²) in [6, 6.07) is 25.1. The van der Waals surface area contributed by atoms with Crippen LogP contribution in [-0.2, 0) is 26.0 Å². The molecule has 0 atom stereocenters. The van der Waals surface area contributed by atoms with Gasteiger partial charge in [-0.2, -0.15) is 0 Å². The van der Waals surface area contributed by atoms with Crippen LogP contribution in [0.2, 0.25) is 0 Å². The number of aryl methyl sites for hydroxylation is 2. The third kappa shape index (κ3) is 3.46. The maximum absolute atomic E-state index is 9.57. The number of hydrogen-bond acceptors (Lipinski definition) is 1. The molecule has 22 heavy (non-hydrogen) atoms. The second kappa shape index (κ2) is 7.10. The van der Waals surface area contributed by atoms with E-state index in [1.165, 1.54) is 16.8 Å². The molecule has 0 fully saturated rings. The Balaban J connectivity index is 1.78. The molecule has 2 nitrogen and oxygen atoms in total. The first-order valence-electron chi connectivity index (χ1n) is 7.73. The van der Waals surface area contributed by atoms with E-state index in [0.717, 1.165) is 25.1 Å². The molecule has 1 aromatic heterocycles. The molecule has 0 saturated heterocycles. The molecular formula is C20H21NO. The monoisotopic (exact) mass is 291 g/mol. The van der Waals surface area contributed by atoms with Gasteiger partial charge in [-0.1, -0.05) is 60.7 Å². The highest BCUT2D eigenvalue weighted by atomic mass is 16.3. The summed E-state index contributed by atoms with van der Waals surface area (Å²) in [7, 11) is 0. The van der Waals surface area contributed by atoms with Crippen molar-refractivity contribution in [2.75, 3.05) is 0 Å². The van der Waals surface area contributed by atoms with Crippen molar-refractivity contribution in [3.05, 3.63) is 95.3 Å². The van der Waals surface area contributed by atoms with Crippen LogP contribution >= 0.6 is 0 Å². The summed E-state index contributed by atoms with van der Waals surface area (Å²) in [5, 5.41) is 9.57. The normalized spacial score (nSPS) is 10.8. The van der Waals surface area contributed by atoms with E-state index in [2.05, 4.69) is 59.2 Å². The standard InChI is InChI=1S/C20H21NO/c22-16-20-14-13-19(12-11-17-7-3-1-4-8-17)21(20)15-18-9-5-2-6-10-18/h1-10,13-14,22H,11-12,15-16H2. The predicted molar refractivity (Wildman–Crippen MR) is 89.7 cm³/mol. The maximum atomic E-state index is 9.57. The fraction of sp³-hybridized carbons (Fsp3) is 0.200. The Morgan fingerprint density at radius 2 is 1.23 bits per heavy atom. The first kappa shape index (κ1) is 14.6. The van der Waals surface area contributed by atoms with E-state index in [4.69, 9.17) is 0 Å². The lowest BCUT2D eigenvalue weighted by Gasteiger charge is -2.13. The fourth-order valence-electron chi connectivity index (χ4n) is 2.80. The highest BCUT2D eigenvalue weighted by Crippen LogP contribution is 2.15. The average molecular weight is 291 g/mol. The van der Waals surface area contributed by atoms with Crippen LogP contribution in [0.4, 0.5) is 0 Å². The van der Waals surface area contributed by atoms with E-state index < -0.39 is 0 Å². The molecule has 0 radical (unpaired) electrons. The number of hydrogen-bond donors (Lipinski definition) is 1. The molecule has 0 amide bonds. The largest absolute Gasteiger partial charge is 0.390 e. The zero-order valence-corrected chi connectivity index (χ0v) is 12.7. The summed E-state index contributed by atoms with van der Waals surface area (Å²) in [5.74, 6) is 0. The second-order valence-corrected chi connectivity index (χ2v) is 5.53. The molecule has 112 valence electrons. The van der Waals surface area contributed by atoms with E-state index in [1.807, 2.05) is 18.2 Å². The molecule has 0 aliphatic rings. The van der Waals surface area contributed by atoms with Gasteiger partial charge < -0.3 is 9.67 Å². The fourth-order valence-corrected chi connectivity index (χ4v) is 2.80. The number of benzene rings is 2. The average Bonchev–Trinajstić information content (AvgIpc) is 2.97. The van der Waals surface area contributed by atoms with Crippen molar-refractivity contribution in [3.8, 4) is 0 Å². The van der Waals surface area contributed by atoms with Crippen molar-refractivity contribution in [2.45, 2.75) is 26.0 Å². The highest BCUT2D eigenvalue weighted by molar-refractivity contribution is 5.23. The van der Waals surface area contributed by atoms with Crippen LogP contribution in [-0.4, -0.2) is 9.67 Å². The van der Waals surface area contributed by atoms with Crippen molar-refractivity contribution >= 4 is 0 Å². The first-order valence-corrected chi connectivity index (χ1v) is 7.73. The van der Waals surface area contributed by atoms with E-state index in [9.17, 15) is 5.11 Å². The number of aliphatic hydroxyl groups excluding tert-OH is 1. The Morgan fingerprint density at radius 3 is 1.86 bits per heavy atom. The Morgan fingerprint density at radius 1 is 0.636 bits per heavy atom. The molecule has 0 aliphatic heterocycles. The van der Waals surface area contributed by atoms with Gasteiger partial charge in [0.15, 0.2) is 0 Å². The van der Waals surface area contributed by atoms with Gasteiger partial charge in [0.2, 0.25) is 0 Å². The molecule has 2 aromatic carbocycles. The molecule has 1 heterocycles. The van der Waals surface area contributed by atoms with E-state index >= 15 is 0 Å². The molecule has 0 spiro atoms. The van der Waals surface area contributed by atoms with Gasteiger partial charge in [0.05, 0.1) is 6.61 Å². The van der Waals surface area contributed by atoms with Gasteiger partial charge in [-0.15, -0.1) is 0 Å². The van der Waals surface area contributed by atoms with Crippen molar-refractivity contribution < 1.29 is 5.11 Å². The van der Waals surface area contributed by atoms with Crippen LogP contribution in [0.5, 0.6) is 0 Å².